The van der Waals surface area contributed by atoms with E-state index in [-0.39, 0.29) is 17.8 Å². The number of aliphatic imine (C=N–C) groups is 1. The molecule has 1 aromatic carbocycles. The number of hydrogen-bond acceptors (Lipinski definition) is 4. The minimum Gasteiger partial charge on any atom is -0.469 e. The Labute approximate surface area is 155 Å². The van der Waals surface area contributed by atoms with Gasteiger partial charge in [-0.15, -0.1) is 0 Å². The maximum Gasteiger partial charge on any atom is 0.308 e. The minimum atomic E-state index is -0.125. The lowest BCUT2D eigenvalue weighted by atomic mass is 9.97. The molecule has 7 nitrogen and oxygen atoms in total. The first-order chi connectivity index (χ1) is 12.5. The molecule has 0 atom stereocenters. The van der Waals surface area contributed by atoms with Crippen molar-refractivity contribution in [2.24, 2.45) is 10.9 Å². The van der Waals surface area contributed by atoms with Crippen molar-refractivity contribution in [1.29, 1.82) is 0 Å². The van der Waals surface area contributed by atoms with Gasteiger partial charge in [-0.3, -0.25) is 14.6 Å². The number of amides is 1. The van der Waals surface area contributed by atoms with Gasteiger partial charge in [-0.2, -0.15) is 0 Å². The molecule has 7 heteroatoms. The highest BCUT2D eigenvalue weighted by Gasteiger charge is 2.26. The van der Waals surface area contributed by atoms with Gasteiger partial charge < -0.3 is 19.9 Å². The van der Waals surface area contributed by atoms with Crippen LogP contribution in [0.2, 0.25) is 0 Å². The van der Waals surface area contributed by atoms with E-state index in [9.17, 15) is 9.59 Å². The lowest BCUT2D eigenvalue weighted by Gasteiger charge is -2.33. The average molecular weight is 360 g/mol. The summed E-state index contributed by atoms with van der Waals surface area (Å²) in [4.78, 5) is 31.6. The lowest BCUT2D eigenvalue weighted by molar-refractivity contribution is -0.146. The van der Waals surface area contributed by atoms with Crippen molar-refractivity contribution in [2.45, 2.75) is 19.4 Å². The lowest BCUT2D eigenvalue weighted by Crippen LogP contribution is -2.46. The van der Waals surface area contributed by atoms with E-state index in [2.05, 4.69) is 15.2 Å². The highest BCUT2D eigenvalue weighted by Crippen LogP contribution is 2.18. The Kier molecular flexibility index (Phi) is 7.00. The van der Waals surface area contributed by atoms with Crippen molar-refractivity contribution >= 4 is 17.8 Å². The van der Waals surface area contributed by atoms with Crippen LogP contribution in [0, 0.1) is 5.92 Å². The molecule has 1 fully saturated rings. The number of esters is 1. The Morgan fingerprint density at radius 3 is 2.35 bits per heavy atom. The fourth-order valence-electron chi connectivity index (χ4n) is 3.03. The third-order valence-corrected chi connectivity index (χ3v) is 4.60. The number of carbonyl (C=O) groups excluding carboxylic acids is 2. The standard InChI is InChI=1S/C19H28N4O3/c1-20-19(23-11-9-16(10-12-23)18(25)26-4)21-13-14-5-7-15(8-6-14)17(24)22(2)3/h5-8,16H,9-13H2,1-4H3,(H,20,21). The molecule has 0 radical (unpaired) electrons. The summed E-state index contributed by atoms with van der Waals surface area (Å²) < 4.78 is 4.83. The second kappa shape index (κ2) is 9.22. The van der Waals surface area contributed by atoms with Crippen LogP contribution in [0.1, 0.15) is 28.8 Å². The first kappa shape index (κ1) is 19.8. The van der Waals surface area contributed by atoms with Gasteiger partial charge in [0.1, 0.15) is 0 Å². The number of ether oxygens (including phenoxy) is 1. The quantitative estimate of drug-likeness (QED) is 0.498. The van der Waals surface area contributed by atoms with Crippen LogP contribution in [0.4, 0.5) is 0 Å². The van der Waals surface area contributed by atoms with Crippen LogP contribution in [-0.2, 0) is 16.1 Å². The molecule has 142 valence electrons. The highest BCUT2D eigenvalue weighted by atomic mass is 16.5. The van der Waals surface area contributed by atoms with Gasteiger partial charge >= 0.3 is 5.97 Å². The van der Waals surface area contributed by atoms with Crippen molar-refractivity contribution in [3.8, 4) is 0 Å². The fraction of sp³-hybridized carbons (Fsp3) is 0.526. The minimum absolute atomic E-state index is 0.00574. The largest absolute Gasteiger partial charge is 0.469 e. The van der Waals surface area contributed by atoms with Gasteiger partial charge in [0, 0.05) is 46.3 Å². The first-order valence-corrected chi connectivity index (χ1v) is 8.80. The molecule has 1 aromatic rings. The van der Waals surface area contributed by atoms with Crippen LogP contribution in [-0.4, -0.2) is 69.0 Å². The second-order valence-corrected chi connectivity index (χ2v) is 6.58. The molecule has 1 aliphatic heterocycles. The third kappa shape index (κ3) is 4.97. The molecule has 1 aliphatic rings. The highest BCUT2D eigenvalue weighted by molar-refractivity contribution is 5.93. The number of piperidine rings is 1. The number of hydrogen-bond donors (Lipinski definition) is 1. The summed E-state index contributed by atoms with van der Waals surface area (Å²) in [6, 6.07) is 7.56. The molecule has 0 saturated carbocycles. The van der Waals surface area contributed by atoms with E-state index < -0.39 is 0 Å². The van der Waals surface area contributed by atoms with E-state index in [1.807, 2.05) is 24.3 Å². The molecule has 1 amide bonds. The summed E-state index contributed by atoms with van der Waals surface area (Å²) in [5, 5.41) is 3.35. The van der Waals surface area contributed by atoms with E-state index >= 15 is 0 Å². The second-order valence-electron chi connectivity index (χ2n) is 6.58. The molecule has 1 saturated heterocycles. The van der Waals surface area contributed by atoms with Gasteiger partial charge in [-0.1, -0.05) is 12.1 Å². The zero-order chi connectivity index (χ0) is 19.1. The van der Waals surface area contributed by atoms with Crippen LogP contribution in [0.15, 0.2) is 29.3 Å². The van der Waals surface area contributed by atoms with Crippen molar-refractivity contribution in [3.63, 3.8) is 0 Å². The number of rotatable bonds is 4. The predicted molar refractivity (Wildman–Crippen MR) is 101 cm³/mol. The Morgan fingerprint density at radius 1 is 1.23 bits per heavy atom. The number of likely N-dealkylation sites (tertiary alicyclic amines) is 1. The number of guanidine groups is 1. The van der Waals surface area contributed by atoms with E-state index in [1.165, 1.54) is 7.11 Å². The van der Waals surface area contributed by atoms with E-state index in [4.69, 9.17) is 4.74 Å². The van der Waals surface area contributed by atoms with Crippen LogP contribution < -0.4 is 5.32 Å². The van der Waals surface area contributed by atoms with Gasteiger partial charge in [-0.25, -0.2) is 0 Å². The summed E-state index contributed by atoms with van der Waals surface area (Å²) in [6.45, 7) is 2.17. The molecule has 0 aromatic heterocycles. The molecule has 2 rings (SSSR count). The van der Waals surface area contributed by atoms with Gasteiger partial charge in [0.2, 0.25) is 0 Å². The zero-order valence-corrected chi connectivity index (χ0v) is 16.0. The SMILES string of the molecule is CN=C(NCc1ccc(C(=O)N(C)C)cc1)N1CCC(C(=O)OC)CC1. The summed E-state index contributed by atoms with van der Waals surface area (Å²) in [7, 11) is 6.68. The van der Waals surface area contributed by atoms with Gasteiger partial charge in [-0.05, 0) is 30.5 Å². The maximum atomic E-state index is 11.9. The third-order valence-electron chi connectivity index (χ3n) is 4.60. The van der Waals surface area contributed by atoms with E-state index in [0.29, 0.717) is 12.1 Å². The number of nitrogens with zero attached hydrogens (tertiary/aromatic N) is 3. The molecule has 26 heavy (non-hydrogen) atoms. The molecule has 0 spiro atoms. The number of carbonyl (C=O) groups is 2. The van der Waals surface area contributed by atoms with Crippen molar-refractivity contribution in [2.75, 3.05) is 41.3 Å². The number of benzene rings is 1. The van der Waals surface area contributed by atoms with Gasteiger partial charge in [0.05, 0.1) is 13.0 Å². The molecule has 0 aliphatic carbocycles. The molecule has 0 unspecified atom stereocenters. The molecule has 1 heterocycles. The molecule has 1 N–H and O–H groups in total. The number of nitrogens with one attached hydrogen (secondary N) is 1. The van der Waals surface area contributed by atoms with Crippen molar-refractivity contribution < 1.29 is 14.3 Å². The van der Waals surface area contributed by atoms with Crippen molar-refractivity contribution in [3.05, 3.63) is 35.4 Å². The smallest absolute Gasteiger partial charge is 0.308 e. The van der Waals surface area contributed by atoms with E-state index in [0.717, 1.165) is 37.5 Å². The summed E-state index contributed by atoms with van der Waals surface area (Å²) >= 11 is 0. The average Bonchev–Trinajstić information content (AvgIpc) is 2.68. The predicted octanol–water partition coefficient (Wildman–Crippen LogP) is 1.35. The van der Waals surface area contributed by atoms with E-state index in [1.54, 1.807) is 26.0 Å². The Hall–Kier alpha value is -2.57. The molecular formula is C19H28N4O3. The summed E-state index contributed by atoms with van der Waals surface area (Å²) in [5.74, 6) is 0.673. The first-order valence-electron chi connectivity index (χ1n) is 8.80. The topological polar surface area (TPSA) is 74.2 Å². The van der Waals surface area contributed by atoms with Crippen LogP contribution >= 0.6 is 0 Å². The van der Waals surface area contributed by atoms with Gasteiger partial charge in [0.15, 0.2) is 5.96 Å². The summed E-state index contributed by atoms with van der Waals surface area (Å²) in [6.07, 6.45) is 1.55. The summed E-state index contributed by atoms with van der Waals surface area (Å²) in [5.41, 5.74) is 1.75. The Balaban J connectivity index is 1.88. The fourth-order valence-corrected chi connectivity index (χ4v) is 3.03. The molecular weight excluding hydrogens is 332 g/mol. The number of methoxy groups -OCH3 is 1. The maximum absolute atomic E-state index is 11.9. The normalized spacial score (nSPS) is 15.5. The van der Waals surface area contributed by atoms with Crippen LogP contribution in [0.25, 0.3) is 0 Å². The van der Waals surface area contributed by atoms with Crippen molar-refractivity contribution in [1.82, 2.24) is 15.1 Å². The van der Waals surface area contributed by atoms with Gasteiger partial charge in [0.25, 0.3) is 5.91 Å². The van der Waals surface area contributed by atoms with Crippen LogP contribution in [0.5, 0.6) is 0 Å². The zero-order valence-electron chi connectivity index (χ0n) is 16.0. The molecule has 0 bridgehead atoms. The Morgan fingerprint density at radius 2 is 1.85 bits per heavy atom. The van der Waals surface area contributed by atoms with Crippen LogP contribution in [0.3, 0.4) is 0 Å². The monoisotopic (exact) mass is 360 g/mol. The Bertz CT molecular complexity index is 647.